The Morgan fingerprint density at radius 1 is 1.05 bits per heavy atom. The second-order valence-corrected chi connectivity index (χ2v) is 6.03. The number of rotatable bonds is 4. The van der Waals surface area contributed by atoms with Crippen LogP contribution in [0.3, 0.4) is 0 Å². The number of carbonyl (C=O) groups excluding carboxylic acids is 1. The summed E-state index contributed by atoms with van der Waals surface area (Å²) in [4.78, 5) is 14.2. The van der Waals surface area contributed by atoms with E-state index in [0.717, 1.165) is 41.5 Å². The second kappa shape index (κ2) is 5.80. The van der Waals surface area contributed by atoms with Crippen LogP contribution in [0.4, 0.5) is 0 Å². The van der Waals surface area contributed by atoms with Crippen LogP contribution >= 0.6 is 15.9 Å². The molecule has 0 aromatic heterocycles. The first kappa shape index (κ1) is 13.4. The molecule has 2 aromatic carbocycles. The Morgan fingerprint density at radius 3 is 2.55 bits per heavy atom. The Balaban J connectivity index is 1.56. The van der Waals surface area contributed by atoms with E-state index in [9.17, 15) is 4.79 Å². The highest BCUT2D eigenvalue weighted by Crippen LogP contribution is 2.22. The maximum Gasteiger partial charge on any atom is 0.254 e. The third-order valence-corrected chi connectivity index (χ3v) is 4.23. The number of nitrogens with zero attached hydrogens (tertiary/aromatic N) is 1. The molecule has 1 amide bonds. The van der Waals surface area contributed by atoms with Crippen LogP contribution in [0.25, 0.3) is 0 Å². The molecule has 0 fully saturated rings. The Labute approximate surface area is 127 Å². The third-order valence-electron chi connectivity index (χ3n) is 3.70. The van der Waals surface area contributed by atoms with Crippen LogP contribution in [0, 0.1) is 0 Å². The molecule has 1 aliphatic rings. The predicted molar refractivity (Wildman–Crippen MR) is 83.6 cm³/mol. The van der Waals surface area contributed by atoms with Gasteiger partial charge >= 0.3 is 0 Å². The van der Waals surface area contributed by atoms with E-state index in [0.29, 0.717) is 0 Å². The topological polar surface area (TPSA) is 20.3 Å². The number of halogens is 1. The highest BCUT2D eigenvalue weighted by atomic mass is 79.9. The molecular weight excluding hydrogens is 314 g/mol. The molecule has 0 N–H and O–H groups in total. The van der Waals surface area contributed by atoms with Crippen LogP contribution in [0.1, 0.15) is 27.9 Å². The quantitative estimate of drug-likeness (QED) is 0.829. The molecular formula is C17H16BrNO. The van der Waals surface area contributed by atoms with Gasteiger partial charge in [-0.3, -0.25) is 4.79 Å². The van der Waals surface area contributed by atoms with Crippen molar-refractivity contribution in [3.8, 4) is 0 Å². The average molecular weight is 330 g/mol. The summed E-state index contributed by atoms with van der Waals surface area (Å²) < 4.78 is 1.10. The van der Waals surface area contributed by atoms with E-state index in [1.54, 1.807) is 0 Å². The summed E-state index contributed by atoms with van der Waals surface area (Å²) >= 11 is 3.44. The summed E-state index contributed by atoms with van der Waals surface area (Å²) in [6.45, 7) is 1.58. The van der Waals surface area contributed by atoms with Gasteiger partial charge in [-0.05, 0) is 42.2 Å². The van der Waals surface area contributed by atoms with Crippen molar-refractivity contribution in [2.75, 3.05) is 6.54 Å². The molecule has 3 heteroatoms. The van der Waals surface area contributed by atoms with Crippen molar-refractivity contribution in [1.29, 1.82) is 0 Å². The Hall–Kier alpha value is -1.61. The average Bonchev–Trinajstić information content (AvgIpc) is 2.78. The number of hydrogen-bond acceptors (Lipinski definition) is 1. The van der Waals surface area contributed by atoms with Crippen LogP contribution in [0.15, 0.2) is 53.0 Å². The van der Waals surface area contributed by atoms with Gasteiger partial charge in [0.2, 0.25) is 0 Å². The lowest BCUT2D eigenvalue weighted by Gasteiger charge is -2.15. The Morgan fingerprint density at radius 2 is 1.80 bits per heavy atom. The lowest BCUT2D eigenvalue weighted by Crippen LogP contribution is -2.25. The maximum absolute atomic E-state index is 12.2. The minimum atomic E-state index is 0.177. The predicted octanol–water partition coefficient (Wildman–Crippen LogP) is 4.04. The van der Waals surface area contributed by atoms with Gasteiger partial charge in [-0.2, -0.15) is 0 Å². The first-order valence-electron chi connectivity index (χ1n) is 6.85. The zero-order valence-corrected chi connectivity index (χ0v) is 12.8. The lowest BCUT2D eigenvalue weighted by molar-refractivity contribution is 0.0777. The summed E-state index contributed by atoms with van der Waals surface area (Å²) in [6.07, 6.45) is 2.01. The van der Waals surface area contributed by atoms with E-state index in [-0.39, 0.29) is 5.91 Å². The van der Waals surface area contributed by atoms with Crippen LogP contribution < -0.4 is 0 Å². The standard InChI is InChI=1S/C17H16BrNO/c18-15-9-7-13(8-10-15)4-3-11-19-12-14-5-1-2-6-16(14)17(19)20/h1-2,5-10H,3-4,11-12H2. The number of hydrogen-bond donors (Lipinski definition) is 0. The van der Waals surface area contributed by atoms with E-state index in [4.69, 9.17) is 0 Å². The fourth-order valence-electron chi connectivity index (χ4n) is 2.62. The summed E-state index contributed by atoms with van der Waals surface area (Å²) in [6, 6.07) is 16.3. The number of carbonyl (C=O) groups is 1. The fraction of sp³-hybridized carbons (Fsp3) is 0.235. The lowest BCUT2D eigenvalue weighted by atomic mass is 10.1. The van der Waals surface area contributed by atoms with Crippen LogP contribution in [0.2, 0.25) is 0 Å². The molecule has 0 saturated heterocycles. The number of amides is 1. The molecule has 102 valence electrons. The van der Waals surface area contributed by atoms with Gasteiger partial charge in [-0.25, -0.2) is 0 Å². The molecule has 0 atom stereocenters. The molecule has 0 saturated carbocycles. The summed E-state index contributed by atoms with van der Waals surface area (Å²) in [5, 5.41) is 0. The zero-order valence-electron chi connectivity index (χ0n) is 11.2. The second-order valence-electron chi connectivity index (χ2n) is 5.11. The molecule has 20 heavy (non-hydrogen) atoms. The summed E-state index contributed by atoms with van der Waals surface area (Å²) in [5.41, 5.74) is 3.34. The molecule has 1 heterocycles. The highest BCUT2D eigenvalue weighted by Gasteiger charge is 2.25. The molecule has 0 spiro atoms. The van der Waals surface area contributed by atoms with Gasteiger partial charge in [0.15, 0.2) is 0 Å². The van der Waals surface area contributed by atoms with Crippen LogP contribution in [0.5, 0.6) is 0 Å². The molecule has 2 nitrogen and oxygen atoms in total. The van der Waals surface area contributed by atoms with Crippen molar-refractivity contribution in [3.63, 3.8) is 0 Å². The number of fused-ring (bicyclic) bond motifs is 1. The molecule has 0 unspecified atom stereocenters. The van der Waals surface area contributed by atoms with Gasteiger partial charge in [0.25, 0.3) is 5.91 Å². The fourth-order valence-corrected chi connectivity index (χ4v) is 2.88. The van der Waals surface area contributed by atoms with Gasteiger partial charge in [-0.1, -0.05) is 46.3 Å². The maximum atomic E-state index is 12.2. The smallest absolute Gasteiger partial charge is 0.254 e. The van der Waals surface area contributed by atoms with E-state index in [1.165, 1.54) is 5.56 Å². The Bertz CT molecular complexity index is 621. The molecule has 0 bridgehead atoms. The normalized spacial score (nSPS) is 13.7. The van der Waals surface area contributed by atoms with Gasteiger partial charge in [0, 0.05) is 23.1 Å². The molecule has 2 aromatic rings. The SMILES string of the molecule is O=C1c2ccccc2CN1CCCc1ccc(Br)cc1. The van der Waals surface area contributed by atoms with Crippen molar-refractivity contribution < 1.29 is 4.79 Å². The molecule has 0 aliphatic carbocycles. The van der Waals surface area contributed by atoms with Crippen molar-refractivity contribution in [3.05, 3.63) is 69.7 Å². The molecule has 3 rings (SSSR count). The summed E-state index contributed by atoms with van der Waals surface area (Å²) in [5.74, 6) is 0.177. The first-order chi connectivity index (χ1) is 9.74. The third kappa shape index (κ3) is 2.78. The van der Waals surface area contributed by atoms with E-state index in [2.05, 4.69) is 40.2 Å². The minimum absolute atomic E-state index is 0.177. The summed E-state index contributed by atoms with van der Waals surface area (Å²) in [7, 11) is 0. The van der Waals surface area contributed by atoms with Gasteiger partial charge in [0.05, 0.1) is 0 Å². The van der Waals surface area contributed by atoms with Gasteiger partial charge in [-0.15, -0.1) is 0 Å². The zero-order chi connectivity index (χ0) is 13.9. The highest BCUT2D eigenvalue weighted by molar-refractivity contribution is 9.10. The van der Waals surface area contributed by atoms with E-state index >= 15 is 0 Å². The van der Waals surface area contributed by atoms with Crippen molar-refractivity contribution in [2.24, 2.45) is 0 Å². The molecule has 0 radical (unpaired) electrons. The van der Waals surface area contributed by atoms with E-state index in [1.807, 2.05) is 29.2 Å². The minimum Gasteiger partial charge on any atom is -0.334 e. The largest absolute Gasteiger partial charge is 0.334 e. The van der Waals surface area contributed by atoms with Crippen molar-refractivity contribution >= 4 is 21.8 Å². The van der Waals surface area contributed by atoms with Gasteiger partial charge in [0.1, 0.15) is 0 Å². The Kier molecular flexibility index (Phi) is 3.88. The van der Waals surface area contributed by atoms with Crippen LogP contribution in [-0.4, -0.2) is 17.4 Å². The van der Waals surface area contributed by atoms with Crippen molar-refractivity contribution in [1.82, 2.24) is 4.90 Å². The molecule has 1 aliphatic heterocycles. The van der Waals surface area contributed by atoms with Gasteiger partial charge < -0.3 is 4.90 Å². The monoisotopic (exact) mass is 329 g/mol. The number of aryl methyl sites for hydroxylation is 1. The van der Waals surface area contributed by atoms with Crippen molar-refractivity contribution in [2.45, 2.75) is 19.4 Å². The van der Waals surface area contributed by atoms with Crippen LogP contribution in [-0.2, 0) is 13.0 Å². The van der Waals surface area contributed by atoms with E-state index < -0.39 is 0 Å². The number of benzene rings is 2. The first-order valence-corrected chi connectivity index (χ1v) is 7.65.